The molecule has 0 radical (unpaired) electrons. The van der Waals surface area contributed by atoms with Gasteiger partial charge in [-0.25, -0.2) is 0 Å². The summed E-state index contributed by atoms with van der Waals surface area (Å²) in [6.45, 7) is 0. The Hall–Kier alpha value is -8.98. The smallest absolute Gasteiger partial charge is 0.0726 e. The van der Waals surface area contributed by atoms with Gasteiger partial charge < -0.3 is 9.13 Å². The first-order valence-electron chi connectivity index (χ1n) is 24.0. The summed E-state index contributed by atoms with van der Waals surface area (Å²) < 4.78 is 5.01. The molecule has 13 aromatic rings. The van der Waals surface area contributed by atoms with Crippen LogP contribution in [0.5, 0.6) is 0 Å². The second kappa shape index (κ2) is 14.5. The maximum Gasteiger partial charge on any atom is 0.0726 e. The number of nitrogens with zero attached hydrogens (tertiary/aromatic N) is 2. The molecule has 0 unspecified atom stereocenters. The normalized spacial score (nSPS) is 13.0. The molecule has 0 saturated carbocycles. The topological polar surface area (TPSA) is 9.86 Å². The maximum absolute atomic E-state index is 2.53. The van der Waals surface area contributed by atoms with Crippen LogP contribution in [0, 0.1) is 0 Å². The van der Waals surface area contributed by atoms with Crippen molar-refractivity contribution < 1.29 is 0 Å². The van der Waals surface area contributed by atoms with Crippen LogP contribution in [0.1, 0.15) is 22.3 Å². The Bertz CT molecular complexity index is 4200. The molecule has 2 aromatic heterocycles. The SMILES string of the molecule is c1ccc(-c2ccccc2-n2c3ccc(-c4ccc5c(c4)c4ccccc4n5-c4cccc5c4-c4ccccc4C54c5ccccc5-c5ccccc54)cc3c3c(-c4ccccc4)cccc32)cc1. The van der Waals surface area contributed by atoms with Gasteiger partial charge in [-0.2, -0.15) is 0 Å². The van der Waals surface area contributed by atoms with Crippen LogP contribution in [-0.4, -0.2) is 9.13 Å². The van der Waals surface area contributed by atoms with Crippen molar-refractivity contribution >= 4 is 43.6 Å². The van der Waals surface area contributed by atoms with Gasteiger partial charge in [-0.3, -0.25) is 0 Å². The van der Waals surface area contributed by atoms with Gasteiger partial charge in [-0.15, -0.1) is 0 Å². The van der Waals surface area contributed by atoms with Crippen LogP contribution >= 0.6 is 0 Å². The maximum atomic E-state index is 2.53. The van der Waals surface area contributed by atoms with Crippen molar-refractivity contribution in [3.8, 4) is 67.0 Å². The lowest BCUT2D eigenvalue weighted by molar-refractivity contribution is 0.793. The van der Waals surface area contributed by atoms with Crippen LogP contribution in [0.4, 0.5) is 0 Å². The summed E-state index contributed by atoms with van der Waals surface area (Å²) in [6, 6.07) is 94.7. The molecule has 0 atom stereocenters. The minimum atomic E-state index is -0.410. The molecule has 2 aliphatic carbocycles. The molecular weight excluding hydrogens is 833 g/mol. The zero-order chi connectivity index (χ0) is 45.2. The lowest BCUT2D eigenvalue weighted by Crippen LogP contribution is -2.25. The molecule has 2 heteroatoms. The number of para-hydroxylation sites is 2. The zero-order valence-electron chi connectivity index (χ0n) is 37.6. The Kier molecular flexibility index (Phi) is 8.02. The molecule has 15 rings (SSSR count). The first-order valence-corrected chi connectivity index (χ1v) is 24.0. The summed E-state index contributed by atoms with van der Waals surface area (Å²) in [7, 11) is 0. The van der Waals surface area contributed by atoms with Crippen LogP contribution < -0.4 is 0 Å². The summed E-state index contributed by atoms with van der Waals surface area (Å²) in [5.74, 6) is 0. The van der Waals surface area contributed by atoms with Gasteiger partial charge in [-0.05, 0) is 115 Å². The molecule has 0 N–H and O–H groups in total. The minimum Gasteiger partial charge on any atom is -0.309 e. The molecule has 1 spiro atoms. The van der Waals surface area contributed by atoms with Crippen molar-refractivity contribution in [3.05, 3.63) is 277 Å². The number of fused-ring (bicyclic) bond motifs is 16. The molecule has 0 amide bonds. The summed E-state index contributed by atoms with van der Waals surface area (Å²) in [6.07, 6.45) is 0. The molecule has 0 bridgehead atoms. The van der Waals surface area contributed by atoms with E-state index in [1.54, 1.807) is 0 Å². The van der Waals surface area contributed by atoms with Gasteiger partial charge in [0.15, 0.2) is 0 Å². The van der Waals surface area contributed by atoms with Crippen molar-refractivity contribution in [2.75, 3.05) is 0 Å². The van der Waals surface area contributed by atoms with E-state index >= 15 is 0 Å². The summed E-state index contributed by atoms with van der Waals surface area (Å²) in [4.78, 5) is 0. The average molecular weight is 875 g/mol. The van der Waals surface area contributed by atoms with Gasteiger partial charge in [0.25, 0.3) is 0 Å². The predicted molar refractivity (Wildman–Crippen MR) is 288 cm³/mol. The van der Waals surface area contributed by atoms with Gasteiger partial charge >= 0.3 is 0 Å². The third-order valence-corrected chi connectivity index (χ3v) is 15.4. The molecular formula is C67H42N2. The van der Waals surface area contributed by atoms with Crippen molar-refractivity contribution in [3.63, 3.8) is 0 Å². The van der Waals surface area contributed by atoms with Crippen molar-refractivity contribution in [1.29, 1.82) is 0 Å². The van der Waals surface area contributed by atoms with Gasteiger partial charge in [-0.1, -0.05) is 206 Å². The summed E-state index contributed by atoms with van der Waals surface area (Å²) in [5.41, 5.74) is 24.6. The van der Waals surface area contributed by atoms with Gasteiger partial charge in [0, 0.05) is 32.7 Å². The highest BCUT2D eigenvalue weighted by Crippen LogP contribution is 2.63. The van der Waals surface area contributed by atoms with E-state index in [4.69, 9.17) is 0 Å². The Balaban J connectivity index is 0.952. The van der Waals surface area contributed by atoms with Gasteiger partial charge in [0.1, 0.15) is 0 Å². The molecule has 69 heavy (non-hydrogen) atoms. The fourth-order valence-corrected chi connectivity index (χ4v) is 12.6. The molecule has 11 aromatic carbocycles. The highest BCUT2D eigenvalue weighted by atomic mass is 15.0. The third kappa shape index (κ3) is 5.20. The predicted octanol–water partition coefficient (Wildman–Crippen LogP) is 17.2. The van der Waals surface area contributed by atoms with E-state index in [0.29, 0.717) is 0 Å². The molecule has 0 fully saturated rings. The van der Waals surface area contributed by atoms with E-state index in [1.807, 2.05) is 0 Å². The van der Waals surface area contributed by atoms with Crippen molar-refractivity contribution in [2.24, 2.45) is 0 Å². The number of hydrogen-bond acceptors (Lipinski definition) is 0. The zero-order valence-corrected chi connectivity index (χ0v) is 37.6. The van der Waals surface area contributed by atoms with Crippen molar-refractivity contribution in [2.45, 2.75) is 5.41 Å². The van der Waals surface area contributed by atoms with E-state index in [2.05, 4.69) is 264 Å². The fourth-order valence-electron chi connectivity index (χ4n) is 12.6. The van der Waals surface area contributed by atoms with E-state index in [9.17, 15) is 0 Å². The van der Waals surface area contributed by atoms with Crippen LogP contribution in [0.15, 0.2) is 255 Å². The number of hydrogen-bond donors (Lipinski definition) is 0. The Morgan fingerprint density at radius 3 is 1.41 bits per heavy atom. The van der Waals surface area contributed by atoms with E-state index in [-0.39, 0.29) is 0 Å². The Morgan fingerprint density at radius 1 is 0.246 bits per heavy atom. The first-order chi connectivity index (χ1) is 34.3. The second-order valence-corrected chi connectivity index (χ2v) is 18.7. The van der Waals surface area contributed by atoms with E-state index in [1.165, 1.54) is 127 Å². The number of rotatable bonds is 5. The lowest BCUT2D eigenvalue weighted by Gasteiger charge is -2.30. The largest absolute Gasteiger partial charge is 0.309 e. The van der Waals surface area contributed by atoms with Crippen molar-refractivity contribution in [1.82, 2.24) is 9.13 Å². The second-order valence-electron chi connectivity index (χ2n) is 18.7. The van der Waals surface area contributed by atoms with E-state index in [0.717, 1.165) is 5.69 Å². The highest BCUT2D eigenvalue weighted by Gasteiger charge is 2.52. The summed E-state index contributed by atoms with van der Waals surface area (Å²) >= 11 is 0. The quantitative estimate of drug-likeness (QED) is 0.163. The summed E-state index contributed by atoms with van der Waals surface area (Å²) in [5, 5.41) is 4.97. The lowest BCUT2D eigenvalue weighted by atomic mass is 9.70. The van der Waals surface area contributed by atoms with E-state index < -0.39 is 5.41 Å². The first kappa shape index (κ1) is 38.2. The molecule has 320 valence electrons. The molecule has 0 aliphatic heterocycles. The van der Waals surface area contributed by atoms with Crippen LogP contribution in [-0.2, 0) is 5.41 Å². The van der Waals surface area contributed by atoms with Crippen LogP contribution in [0.3, 0.4) is 0 Å². The number of aromatic nitrogens is 2. The monoisotopic (exact) mass is 874 g/mol. The molecule has 2 nitrogen and oxygen atoms in total. The molecule has 0 saturated heterocycles. The average Bonchev–Trinajstić information content (AvgIpc) is 4.13. The van der Waals surface area contributed by atoms with Gasteiger partial charge in [0.2, 0.25) is 0 Å². The Labute approximate surface area is 400 Å². The van der Waals surface area contributed by atoms with Crippen LogP contribution in [0.2, 0.25) is 0 Å². The Morgan fingerprint density at radius 2 is 0.696 bits per heavy atom. The minimum absolute atomic E-state index is 0.410. The standard InChI is InChI=1S/C67H42N2/c1-3-19-43(20-4-1)47-23-10-15-33-59(47)68-62-40-38-46(42-54(62)65-48(28-17-35-63(65)68)44-21-5-2-6-22-44)45-37-39-61-53(41-45)51-26-11-16-34-60(51)69(61)64-36-18-32-58-66(64)52-27-9-14-31-57(52)67(58)55-29-12-7-24-49(55)50-25-8-13-30-56(50)67/h1-42H. The van der Waals surface area contributed by atoms with Gasteiger partial charge in [0.05, 0.1) is 38.9 Å². The number of benzene rings is 11. The molecule has 2 heterocycles. The third-order valence-electron chi connectivity index (χ3n) is 15.4. The molecule has 2 aliphatic rings. The highest BCUT2D eigenvalue weighted by molar-refractivity contribution is 6.17. The fraction of sp³-hybridized carbons (Fsp3) is 0.0149. The van der Waals surface area contributed by atoms with Crippen LogP contribution in [0.25, 0.3) is 111 Å².